The number of nitrogens with zero attached hydrogens (tertiary/aromatic N) is 2. The Morgan fingerprint density at radius 1 is 1.00 bits per heavy atom. The van der Waals surface area contributed by atoms with E-state index in [0.717, 1.165) is 31.4 Å². The van der Waals surface area contributed by atoms with Crippen molar-refractivity contribution in [3.63, 3.8) is 0 Å². The van der Waals surface area contributed by atoms with E-state index < -0.39 is 12.2 Å². The lowest BCUT2D eigenvalue weighted by Crippen LogP contribution is -2.31. The highest BCUT2D eigenvalue weighted by Gasteiger charge is 2.20. The molecule has 0 spiro atoms. The first-order valence-electron chi connectivity index (χ1n) is 9.45. The molecule has 9 heteroatoms. The molecule has 1 aliphatic rings. The summed E-state index contributed by atoms with van der Waals surface area (Å²) in [6, 6.07) is 4.86. The van der Waals surface area contributed by atoms with Gasteiger partial charge in [-0.1, -0.05) is 39.0 Å². The Morgan fingerprint density at radius 3 is 2.46 bits per heavy atom. The van der Waals surface area contributed by atoms with Crippen molar-refractivity contribution < 1.29 is 28.5 Å². The van der Waals surface area contributed by atoms with Crippen molar-refractivity contribution in [3.05, 3.63) is 18.2 Å². The molecule has 0 saturated carbocycles. The predicted molar refractivity (Wildman–Crippen MR) is 106 cm³/mol. The maximum absolute atomic E-state index is 12.2. The molecule has 0 saturated heterocycles. The van der Waals surface area contributed by atoms with Crippen molar-refractivity contribution in [3.8, 4) is 17.2 Å². The molecule has 1 aromatic rings. The van der Waals surface area contributed by atoms with Gasteiger partial charge >= 0.3 is 12.2 Å². The van der Waals surface area contributed by atoms with Crippen LogP contribution >= 0.6 is 12.1 Å². The van der Waals surface area contributed by atoms with E-state index in [2.05, 4.69) is 6.92 Å². The van der Waals surface area contributed by atoms with Crippen molar-refractivity contribution in [2.75, 3.05) is 27.5 Å². The van der Waals surface area contributed by atoms with Crippen LogP contribution in [-0.2, 0) is 4.74 Å². The summed E-state index contributed by atoms with van der Waals surface area (Å²) in [6.07, 6.45) is 5.60. The van der Waals surface area contributed by atoms with Gasteiger partial charge < -0.3 is 18.9 Å². The Bertz CT molecular complexity index is 657. The molecule has 0 unspecified atom stereocenters. The van der Waals surface area contributed by atoms with E-state index in [4.69, 9.17) is 18.9 Å². The highest BCUT2D eigenvalue weighted by atomic mass is 32.2. The topological polar surface area (TPSA) is 77.5 Å². The summed E-state index contributed by atoms with van der Waals surface area (Å²) in [5, 5.41) is 0. The average molecular weight is 413 g/mol. The van der Waals surface area contributed by atoms with Gasteiger partial charge in [0.05, 0.1) is 18.7 Å². The van der Waals surface area contributed by atoms with Crippen LogP contribution in [0, 0.1) is 0 Å². The van der Waals surface area contributed by atoms with Crippen LogP contribution in [0.3, 0.4) is 0 Å². The van der Waals surface area contributed by atoms with Gasteiger partial charge in [0, 0.05) is 20.2 Å². The molecule has 156 valence electrons. The Hall–Kier alpha value is -2.29. The lowest BCUT2D eigenvalue weighted by Gasteiger charge is -2.21. The van der Waals surface area contributed by atoms with E-state index in [1.54, 1.807) is 25.2 Å². The van der Waals surface area contributed by atoms with Crippen LogP contribution in [0.5, 0.6) is 17.2 Å². The smallest absolute Gasteiger partial charge is 0.426 e. The minimum atomic E-state index is -0.626. The average Bonchev–Trinajstić information content (AvgIpc) is 3.14. The lowest BCUT2D eigenvalue weighted by molar-refractivity contribution is 0.129. The maximum Gasteiger partial charge on any atom is 0.426 e. The van der Waals surface area contributed by atoms with Crippen LogP contribution in [0.4, 0.5) is 9.59 Å². The van der Waals surface area contributed by atoms with Gasteiger partial charge in [0.25, 0.3) is 0 Å². The van der Waals surface area contributed by atoms with E-state index in [-0.39, 0.29) is 6.79 Å². The number of benzene rings is 1. The first-order valence-corrected chi connectivity index (χ1v) is 10.2. The second kappa shape index (κ2) is 11.5. The molecule has 8 nitrogen and oxygen atoms in total. The molecule has 2 amide bonds. The molecule has 0 aliphatic carbocycles. The summed E-state index contributed by atoms with van der Waals surface area (Å²) in [5.74, 6) is 1.46. The number of fused-ring (bicyclic) bond motifs is 1. The van der Waals surface area contributed by atoms with Gasteiger partial charge in [-0.2, -0.15) is 0 Å². The number of carbonyl (C=O) groups is 2. The third kappa shape index (κ3) is 7.03. The van der Waals surface area contributed by atoms with E-state index in [1.165, 1.54) is 34.9 Å². The summed E-state index contributed by atoms with van der Waals surface area (Å²) in [7, 11) is 3.05. The molecular weight excluding hydrogens is 384 g/mol. The molecule has 0 bridgehead atoms. The van der Waals surface area contributed by atoms with Crippen molar-refractivity contribution >= 4 is 24.3 Å². The van der Waals surface area contributed by atoms with Gasteiger partial charge in [0.1, 0.15) is 5.75 Å². The molecule has 0 fully saturated rings. The zero-order valence-corrected chi connectivity index (χ0v) is 17.5. The Labute approximate surface area is 170 Å². The fourth-order valence-electron chi connectivity index (χ4n) is 2.49. The van der Waals surface area contributed by atoms with Crippen molar-refractivity contribution in [2.45, 2.75) is 45.4 Å². The zero-order valence-electron chi connectivity index (χ0n) is 16.6. The van der Waals surface area contributed by atoms with Crippen molar-refractivity contribution in [1.29, 1.82) is 0 Å². The Morgan fingerprint density at radius 2 is 1.68 bits per heavy atom. The van der Waals surface area contributed by atoms with Gasteiger partial charge in [0.15, 0.2) is 11.5 Å². The summed E-state index contributed by atoms with van der Waals surface area (Å²) in [5.41, 5.74) is 0. The molecule has 0 radical (unpaired) electrons. The Kier molecular flexibility index (Phi) is 9.06. The fraction of sp³-hybridized carbons (Fsp3) is 0.579. The summed E-state index contributed by atoms with van der Waals surface area (Å²) in [4.78, 5) is 24.2. The number of unbranched alkanes of at least 4 members (excludes halogenated alkanes) is 5. The summed E-state index contributed by atoms with van der Waals surface area (Å²) in [6.45, 7) is 2.70. The number of hydrogen-bond acceptors (Lipinski definition) is 7. The third-order valence-corrected chi connectivity index (χ3v) is 4.82. The molecule has 1 heterocycles. The first kappa shape index (κ1) is 22.0. The monoisotopic (exact) mass is 412 g/mol. The van der Waals surface area contributed by atoms with Crippen molar-refractivity contribution in [1.82, 2.24) is 8.61 Å². The lowest BCUT2D eigenvalue weighted by atomic mass is 10.1. The molecule has 2 rings (SSSR count). The minimum absolute atomic E-state index is 0.147. The van der Waals surface area contributed by atoms with Gasteiger partial charge in [0.2, 0.25) is 6.79 Å². The number of ether oxygens (including phenoxy) is 4. The van der Waals surface area contributed by atoms with Gasteiger partial charge in [-0.05, 0) is 18.6 Å². The van der Waals surface area contributed by atoms with E-state index in [0.29, 0.717) is 23.9 Å². The molecule has 0 N–H and O–H groups in total. The second-order valence-corrected chi connectivity index (χ2v) is 7.60. The van der Waals surface area contributed by atoms with Crippen LogP contribution in [0.25, 0.3) is 0 Å². The van der Waals surface area contributed by atoms with Crippen LogP contribution in [0.1, 0.15) is 45.4 Å². The van der Waals surface area contributed by atoms with Crippen LogP contribution in [-0.4, -0.2) is 48.3 Å². The number of amides is 2. The number of hydrogen-bond donors (Lipinski definition) is 0. The van der Waals surface area contributed by atoms with Crippen LogP contribution in [0.2, 0.25) is 0 Å². The van der Waals surface area contributed by atoms with Gasteiger partial charge in [-0.3, -0.25) is 0 Å². The molecular formula is C19H28N2O6S. The molecule has 28 heavy (non-hydrogen) atoms. The fourth-order valence-corrected chi connectivity index (χ4v) is 3.08. The Balaban J connectivity index is 1.67. The number of rotatable bonds is 10. The molecule has 1 aliphatic heterocycles. The van der Waals surface area contributed by atoms with Gasteiger partial charge in [-0.15, -0.1) is 0 Å². The second-order valence-electron chi connectivity index (χ2n) is 6.34. The molecule has 0 aromatic heterocycles. The van der Waals surface area contributed by atoms with E-state index in [1.807, 2.05) is 0 Å². The highest BCUT2D eigenvalue weighted by molar-refractivity contribution is 7.95. The van der Waals surface area contributed by atoms with Crippen LogP contribution in [0.15, 0.2) is 18.2 Å². The van der Waals surface area contributed by atoms with Gasteiger partial charge in [-0.25, -0.2) is 18.2 Å². The van der Waals surface area contributed by atoms with E-state index in [9.17, 15) is 9.59 Å². The summed E-state index contributed by atoms with van der Waals surface area (Å²) >= 11 is 0.897. The summed E-state index contributed by atoms with van der Waals surface area (Å²) < 4.78 is 23.4. The van der Waals surface area contributed by atoms with E-state index >= 15 is 0 Å². The maximum atomic E-state index is 12.2. The third-order valence-electron chi connectivity index (χ3n) is 4.03. The number of carbonyl (C=O) groups excluding carboxylic acids is 2. The largest absolute Gasteiger partial charge is 0.454 e. The minimum Gasteiger partial charge on any atom is -0.454 e. The van der Waals surface area contributed by atoms with Crippen LogP contribution < -0.4 is 14.2 Å². The standard InChI is InChI=1S/C19H28N2O6S/c1-4-5-6-7-8-9-12-24-18(22)20(2)28-21(3)19(23)27-15-10-11-16-17(13-15)26-14-25-16/h10-11,13H,4-9,12,14H2,1-3H3. The molecule has 0 atom stereocenters. The quantitative estimate of drug-likeness (QED) is 0.402. The zero-order chi connectivity index (χ0) is 20.4. The normalized spacial score (nSPS) is 11.8. The molecule has 1 aromatic carbocycles. The predicted octanol–water partition coefficient (Wildman–Crippen LogP) is 4.84. The SMILES string of the molecule is CCCCCCCCOC(=O)N(C)SN(C)C(=O)Oc1ccc2c(c1)OCO2. The van der Waals surface area contributed by atoms with Crippen molar-refractivity contribution in [2.24, 2.45) is 0 Å². The first-order chi connectivity index (χ1) is 13.5. The highest BCUT2D eigenvalue weighted by Crippen LogP contribution is 2.35.